The van der Waals surface area contributed by atoms with Crippen LogP contribution in [0.4, 0.5) is 13.2 Å². The van der Waals surface area contributed by atoms with Gasteiger partial charge in [-0.25, -0.2) is 13.2 Å². The number of rotatable bonds is 7. The van der Waals surface area contributed by atoms with Crippen LogP contribution in [0.15, 0.2) is 78.9 Å². The largest absolute Gasteiger partial charge is 0.206 e. The van der Waals surface area contributed by atoms with E-state index in [9.17, 15) is 13.2 Å². The fraction of sp³-hybridized carbons (Fsp3) is 0.161. The van der Waals surface area contributed by atoms with Crippen LogP contribution in [0.1, 0.15) is 42.5 Å². The molecule has 34 heavy (non-hydrogen) atoms. The van der Waals surface area contributed by atoms with Crippen molar-refractivity contribution in [3.63, 3.8) is 0 Å². The summed E-state index contributed by atoms with van der Waals surface area (Å²) in [5.41, 5.74) is 5.33. The lowest BCUT2D eigenvalue weighted by Crippen LogP contribution is -1.93. The van der Waals surface area contributed by atoms with E-state index in [-0.39, 0.29) is 16.9 Å². The molecule has 0 nitrogen and oxygen atoms in total. The van der Waals surface area contributed by atoms with Crippen molar-refractivity contribution >= 4 is 12.2 Å². The molecule has 0 aliphatic carbocycles. The summed E-state index contributed by atoms with van der Waals surface area (Å²) < 4.78 is 44.0. The lowest BCUT2D eigenvalue weighted by molar-refractivity contribution is 0.509. The topological polar surface area (TPSA) is 0 Å². The minimum Gasteiger partial charge on any atom is -0.206 e. The van der Waals surface area contributed by atoms with Crippen LogP contribution in [-0.4, -0.2) is 0 Å². The average Bonchev–Trinajstić information content (AvgIpc) is 2.86. The van der Waals surface area contributed by atoms with Gasteiger partial charge in [-0.2, -0.15) is 0 Å². The van der Waals surface area contributed by atoms with Gasteiger partial charge in [0, 0.05) is 16.7 Å². The summed E-state index contributed by atoms with van der Waals surface area (Å²) in [5, 5.41) is 0. The number of halogens is 3. The van der Waals surface area contributed by atoms with E-state index in [1.807, 2.05) is 61.5 Å². The van der Waals surface area contributed by atoms with Gasteiger partial charge in [0.25, 0.3) is 0 Å². The second-order valence-electron chi connectivity index (χ2n) is 8.40. The maximum absolute atomic E-state index is 14.8. The zero-order chi connectivity index (χ0) is 24.1. The molecule has 0 radical (unpaired) electrons. The Hall–Kier alpha value is -3.59. The molecular formula is C31H27F3. The Morgan fingerprint density at radius 2 is 1.24 bits per heavy atom. The van der Waals surface area contributed by atoms with Crippen LogP contribution in [0.3, 0.4) is 0 Å². The Labute approximate surface area is 199 Å². The molecule has 0 spiro atoms. The van der Waals surface area contributed by atoms with Gasteiger partial charge in [-0.05, 0) is 46.7 Å². The van der Waals surface area contributed by atoms with Crippen molar-refractivity contribution in [3.05, 3.63) is 119 Å². The molecular weight excluding hydrogens is 429 g/mol. The number of aryl methyl sites for hydroxylation is 2. The van der Waals surface area contributed by atoms with E-state index < -0.39 is 11.6 Å². The van der Waals surface area contributed by atoms with Crippen molar-refractivity contribution in [2.75, 3.05) is 0 Å². The SMILES string of the molecule is CCCc1ccc(-c2ccc(/C=C/c3ccc(-c4ccc(CC)cc4)c(F)c3F)cc2)c(F)c1. The predicted octanol–water partition coefficient (Wildman–Crippen LogP) is 9.12. The highest BCUT2D eigenvalue weighted by molar-refractivity contribution is 5.74. The highest BCUT2D eigenvalue weighted by atomic mass is 19.2. The highest BCUT2D eigenvalue weighted by Crippen LogP contribution is 2.28. The summed E-state index contributed by atoms with van der Waals surface area (Å²) in [6.45, 7) is 4.12. The van der Waals surface area contributed by atoms with Crippen molar-refractivity contribution in [1.82, 2.24) is 0 Å². The van der Waals surface area contributed by atoms with Gasteiger partial charge in [0.1, 0.15) is 5.82 Å². The lowest BCUT2D eigenvalue weighted by Gasteiger charge is -2.08. The third-order valence-electron chi connectivity index (χ3n) is 6.03. The van der Waals surface area contributed by atoms with Crippen LogP contribution in [0.2, 0.25) is 0 Å². The van der Waals surface area contributed by atoms with Gasteiger partial charge >= 0.3 is 0 Å². The number of benzene rings is 4. The van der Waals surface area contributed by atoms with Crippen molar-refractivity contribution in [3.8, 4) is 22.3 Å². The quantitative estimate of drug-likeness (QED) is 0.243. The second-order valence-corrected chi connectivity index (χ2v) is 8.40. The summed E-state index contributed by atoms with van der Waals surface area (Å²) in [6, 6.07) is 23.3. The minimum absolute atomic E-state index is 0.174. The normalized spacial score (nSPS) is 11.3. The minimum atomic E-state index is -0.876. The Balaban J connectivity index is 1.53. The third-order valence-corrected chi connectivity index (χ3v) is 6.03. The van der Waals surface area contributed by atoms with Gasteiger partial charge < -0.3 is 0 Å². The van der Waals surface area contributed by atoms with Crippen molar-refractivity contribution in [2.45, 2.75) is 33.1 Å². The van der Waals surface area contributed by atoms with Gasteiger partial charge in [-0.3, -0.25) is 0 Å². The van der Waals surface area contributed by atoms with Crippen molar-refractivity contribution in [2.24, 2.45) is 0 Å². The summed E-state index contributed by atoms with van der Waals surface area (Å²) in [7, 11) is 0. The third kappa shape index (κ3) is 5.14. The smallest absolute Gasteiger partial charge is 0.167 e. The molecule has 0 amide bonds. The van der Waals surface area contributed by atoms with E-state index in [1.54, 1.807) is 36.4 Å². The first-order valence-corrected chi connectivity index (χ1v) is 11.6. The Kier molecular flexibility index (Phi) is 7.32. The molecule has 0 bridgehead atoms. The van der Waals surface area contributed by atoms with Crippen LogP contribution >= 0.6 is 0 Å². The molecule has 0 aliphatic rings. The Morgan fingerprint density at radius 3 is 1.88 bits per heavy atom. The maximum atomic E-state index is 14.8. The lowest BCUT2D eigenvalue weighted by atomic mass is 9.99. The molecule has 172 valence electrons. The first-order chi connectivity index (χ1) is 16.5. The molecule has 0 atom stereocenters. The van der Waals surface area contributed by atoms with Crippen LogP contribution in [0, 0.1) is 17.5 Å². The summed E-state index contributed by atoms with van der Waals surface area (Å²) >= 11 is 0. The molecule has 0 unspecified atom stereocenters. The summed E-state index contributed by atoms with van der Waals surface area (Å²) in [4.78, 5) is 0. The standard InChI is InChI=1S/C31H27F3/c1-3-5-23-11-18-27(29(32)20-23)24-14-8-22(9-15-24)10-16-26-17-19-28(31(34)30(26)33)25-12-6-21(4-2)7-13-25/h6-20H,3-5H2,1-2H3/b16-10+. The molecule has 0 saturated heterocycles. The van der Waals surface area contributed by atoms with Gasteiger partial charge in [-0.1, -0.05) is 105 Å². The molecule has 0 aliphatic heterocycles. The molecule has 0 N–H and O–H groups in total. The van der Waals surface area contributed by atoms with E-state index in [2.05, 4.69) is 6.92 Å². The van der Waals surface area contributed by atoms with Crippen LogP contribution < -0.4 is 0 Å². The Bertz CT molecular complexity index is 1300. The van der Waals surface area contributed by atoms with Gasteiger partial charge in [0.15, 0.2) is 11.6 Å². The van der Waals surface area contributed by atoms with Gasteiger partial charge in [0.05, 0.1) is 0 Å². The molecule has 4 rings (SSSR count). The summed E-state index contributed by atoms with van der Waals surface area (Å²) in [6.07, 6.45) is 5.99. The van der Waals surface area contributed by atoms with E-state index >= 15 is 0 Å². The zero-order valence-electron chi connectivity index (χ0n) is 19.4. The van der Waals surface area contributed by atoms with Crippen molar-refractivity contribution in [1.29, 1.82) is 0 Å². The van der Waals surface area contributed by atoms with E-state index in [1.165, 1.54) is 0 Å². The Morgan fingerprint density at radius 1 is 0.618 bits per heavy atom. The average molecular weight is 457 g/mol. The predicted molar refractivity (Wildman–Crippen MR) is 136 cm³/mol. The molecule has 0 aromatic heterocycles. The number of hydrogen-bond acceptors (Lipinski definition) is 0. The first-order valence-electron chi connectivity index (χ1n) is 11.6. The van der Waals surface area contributed by atoms with Crippen LogP contribution in [-0.2, 0) is 12.8 Å². The van der Waals surface area contributed by atoms with E-state index in [0.717, 1.165) is 41.5 Å². The molecule has 0 heterocycles. The van der Waals surface area contributed by atoms with E-state index in [0.29, 0.717) is 11.1 Å². The summed E-state index contributed by atoms with van der Waals surface area (Å²) in [5.74, 6) is -1.97. The monoisotopic (exact) mass is 456 g/mol. The molecule has 4 aromatic carbocycles. The first kappa shape index (κ1) is 23.6. The van der Waals surface area contributed by atoms with Crippen LogP contribution in [0.25, 0.3) is 34.4 Å². The van der Waals surface area contributed by atoms with Crippen LogP contribution in [0.5, 0.6) is 0 Å². The highest BCUT2D eigenvalue weighted by Gasteiger charge is 2.13. The van der Waals surface area contributed by atoms with Gasteiger partial charge in [-0.15, -0.1) is 0 Å². The fourth-order valence-corrected chi connectivity index (χ4v) is 4.03. The van der Waals surface area contributed by atoms with Gasteiger partial charge in [0.2, 0.25) is 0 Å². The number of hydrogen-bond donors (Lipinski definition) is 0. The van der Waals surface area contributed by atoms with Crippen molar-refractivity contribution < 1.29 is 13.2 Å². The second kappa shape index (κ2) is 10.6. The fourth-order valence-electron chi connectivity index (χ4n) is 4.03. The zero-order valence-corrected chi connectivity index (χ0v) is 19.4. The maximum Gasteiger partial charge on any atom is 0.167 e. The van der Waals surface area contributed by atoms with E-state index in [4.69, 9.17) is 0 Å². The molecule has 4 aromatic rings. The molecule has 3 heteroatoms. The molecule has 0 saturated carbocycles. The molecule has 0 fully saturated rings.